The van der Waals surface area contributed by atoms with Gasteiger partial charge in [-0.1, -0.05) is 6.07 Å². The number of hydrogen-bond acceptors (Lipinski definition) is 4. The molecule has 0 unspecified atom stereocenters. The summed E-state index contributed by atoms with van der Waals surface area (Å²) in [5, 5.41) is 0. The Morgan fingerprint density at radius 2 is 2.13 bits per heavy atom. The van der Waals surface area contributed by atoms with Crippen molar-refractivity contribution in [2.75, 3.05) is 5.73 Å². The van der Waals surface area contributed by atoms with Crippen molar-refractivity contribution in [3.8, 4) is 5.75 Å². The molecule has 0 spiro atoms. The normalized spacial score (nSPS) is 10.9. The summed E-state index contributed by atoms with van der Waals surface area (Å²) in [6.07, 6.45) is 1.36. The molecule has 2 rings (SSSR count). The lowest BCUT2D eigenvalue weighted by Crippen LogP contribution is -2.03. The minimum atomic E-state index is -2.89. The Morgan fingerprint density at radius 3 is 2.87 bits per heavy atom. The van der Waals surface area contributed by atoms with E-state index in [1.807, 2.05) is 0 Å². The van der Waals surface area contributed by atoms with E-state index >= 15 is 0 Å². The molecule has 0 aliphatic rings. The predicted octanol–water partition coefficient (Wildman–Crippen LogP) is 1.81. The van der Waals surface area contributed by atoms with Crippen molar-refractivity contribution in [3.63, 3.8) is 0 Å². The van der Waals surface area contributed by atoms with Gasteiger partial charge in [0.2, 0.25) is 0 Å². The molecule has 1 aromatic heterocycles. The predicted molar refractivity (Wildman–Crippen MR) is 50.6 cm³/mol. The summed E-state index contributed by atoms with van der Waals surface area (Å²) in [7, 11) is 0. The summed E-state index contributed by atoms with van der Waals surface area (Å²) in [5.41, 5.74) is 6.10. The highest BCUT2D eigenvalue weighted by Crippen LogP contribution is 2.24. The fourth-order valence-corrected chi connectivity index (χ4v) is 1.21. The van der Waals surface area contributed by atoms with E-state index in [2.05, 4.69) is 14.7 Å². The Kier molecular flexibility index (Phi) is 2.32. The highest BCUT2D eigenvalue weighted by molar-refractivity contribution is 5.81. The van der Waals surface area contributed by atoms with E-state index in [0.29, 0.717) is 5.52 Å². The van der Waals surface area contributed by atoms with Gasteiger partial charge in [-0.15, -0.1) is 0 Å². The van der Waals surface area contributed by atoms with E-state index in [-0.39, 0.29) is 17.1 Å². The van der Waals surface area contributed by atoms with Gasteiger partial charge in [0.05, 0.1) is 11.7 Å². The van der Waals surface area contributed by atoms with E-state index < -0.39 is 6.61 Å². The number of nitrogen functional groups attached to an aromatic ring is 1. The van der Waals surface area contributed by atoms with Crippen molar-refractivity contribution < 1.29 is 13.5 Å². The third-order valence-corrected chi connectivity index (χ3v) is 1.77. The zero-order valence-electron chi connectivity index (χ0n) is 7.52. The first-order valence-corrected chi connectivity index (χ1v) is 4.13. The van der Waals surface area contributed by atoms with Gasteiger partial charge in [-0.25, -0.2) is 4.98 Å². The standard InChI is InChI=1S/C9H7F2N3O/c10-9(11)15-6-3-1-2-5-8(6)14-7(12)4-13-5/h1-4,9H,(H2,12,14). The lowest BCUT2D eigenvalue weighted by atomic mass is 10.3. The lowest BCUT2D eigenvalue weighted by Gasteiger charge is -2.06. The van der Waals surface area contributed by atoms with Gasteiger partial charge in [0.1, 0.15) is 11.3 Å². The molecule has 0 saturated heterocycles. The quantitative estimate of drug-likeness (QED) is 0.822. The first kappa shape index (κ1) is 9.57. The zero-order chi connectivity index (χ0) is 10.8. The second-order valence-electron chi connectivity index (χ2n) is 2.80. The summed E-state index contributed by atoms with van der Waals surface area (Å²) in [5.74, 6) is 0.134. The molecular formula is C9H7F2N3O. The highest BCUT2D eigenvalue weighted by Gasteiger charge is 2.09. The Hall–Kier alpha value is -1.98. The monoisotopic (exact) mass is 211 g/mol. The minimum absolute atomic E-state index is 0.0256. The number of anilines is 1. The van der Waals surface area contributed by atoms with Gasteiger partial charge in [0.15, 0.2) is 5.75 Å². The molecule has 0 aliphatic carbocycles. The largest absolute Gasteiger partial charge is 0.432 e. The third-order valence-electron chi connectivity index (χ3n) is 1.77. The van der Waals surface area contributed by atoms with Crippen LogP contribution in [-0.2, 0) is 0 Å². The Balaban J connectivity index is 2.58. The minimum Gasteiger partial charge on any atom is -0.432 e. The molecule has 0 atom stereocenters. The molecule has 2 aromatic rings. The second-order valence-corrected chi connectivity index (χ2v) is 2.80. The first-order valence-electron chi connectivity index (χ1n) is 4.13. The van der Waals surface area contributed by atoms with Crippen LogP contribution in [0.15, 0.2) is 24.4 Å². The van der Waals surface area contributed by atoms with Crippen LogP contribution in [0.25, 0.3) is 11.0 Å². The van der Waals surface area contributed by atoms with Gasteiger partial charge in [0, 0.05) is 0 Å². The Morgan fingerprint density at radius 1 is 1.33 bits per heavy atom. The summed E-state index contributed by atoms with van der Waals surface area (Å²) in [6.45, 7) is -2.89. The van der Waals surface area contributed by atoms with Crippen LogP contribution in [-0.4, -0.2) is 16.6 Å². The van der Waals surface area contributed by atoms with Crippen molar-refractivity contribution in [3.05, 3.63) is 24.4 Å². The van der Waals surface area contributed by atoms with Crippen LogP contribution in [0.3, 0.4) is 0 Å². The maximum absolute atomic E-state index is 12.0. The number of hydrogen-bond donors (Lipinski definition) is 1. The molecule has 0 fully saturated rings. The Bertz CT molecular complexity index is 490. The molecule has 78 valence electrons. The van der Waals surface area contributed by atoms with Crippen molar-refractivity contribution >= 4 is 16.9 Å². The van der Waals surface area contributed by atoms with Crippen molar-refractivity contribution in [2.45, 2.75) is 6.61 Å². The van der Waals surface area contributed by atoms with Crippen LogP contribution < -0.4 is 10.5 Å². The van der Waals surface area contributed by atoms with Gasteiger partial charge in [-0.3, -0.25) is 4.98 Å². The van der Waals surface area contributed by atoms with Gasteiger partial charge in [-0.2, -0.15) is 8.78 Å². The molecule has 0 aliphatic heterocycles. The molecule has 6 heteroatoms. The number of benzene rings is 1. The summed E-state index contributed by atoms with van der Waals surface area (Å²) in [6, 6.07) is 4.59. The average molecular weight is 211 g/mol. The number of alkyl halides is 2. The van der Waals surface area contributed by atoms with E-state index in [1.165, 1.54) is 12.3 Å². The molecule has 0 radical (unpaired) electrons. The van der Waals surface area contributed by atoms with Crippen LogP contribution in [0.5, 0.6) is 5.75 Å². The van der Waals surface area contributed by atoms with E-state index in [1.54, 1.807) is 12.1 Å². The summed E-state index contributed by atoms with van der Waals surface area (Å²) in [4.78, 5) is 7.82. The van der Waals surface area contributed by atoms with Crippen LogP contribution >= 0.6 is 0 Å². The van der Waals surface area contributed by atoms with Gasteiger partial charge < -0.3 is 10.5 Å². The van der Waals surface area contributed by atoms with Crippen LogP contribution in [0.4, 0.5) is 14.6 Å². The smallest absolute Gasteiger partial charge is 0.387 e. The van der Waals surface area contributed by atoms with Crippen LogP contribution in [0.2, 0.25) is 0 Å². The molecule has 2 N–H and O–H groups in total. The van der Waals surface area contributed by atoms with E-state index in [4.69, 9.17) is 5.73 Å². The van der Waals surface area contributed by atoms with Gasteiger partial charge in [-0.05, 0) is 12.1 Å². The molecule has 0 saturated carbocycles. The van der Waals surface area contributed by atoms with Crippen LogP contribution in [0.1, 0.15) is 0 Å². The van der Waals surface area contributed by atoms with Crippen molar-refractivity contribution in [1.29, 1.82) is 0 Å². The number of para-hydroxylation sites is 1. The molecule has 1 aromatic carbocycles. The molecular weight excluding hydrogens is 204 g/mol. The lowest BCUT2D eigenvalue weighted by molar-refractivity contribution is -0.0489. The number of fused-ring (bicyclic) bond motifs is 1. The number of rotatable bonds is 2. The summed E-state index contributed by atoms with van der Waals surface area (Å²) < 4.78 is 28.4. The number of ether oxygens (including phenoxy) is 1. The SMILES string of the molecule is Nc1cnc2cccc(OC(F)F)c2n1. The van der Waals surface area contributed by atoms with Crippen molar-refractivity contribution in [1.82, 2.24) is 9.97 Å². The van der Waals surface area contributed by atoms with Crippen LogP contribution in [0, 0.1) is 0 Å². The topological polar surface area (TPSA) is 61.0 Å². The molecule has 4 nitrogen and oxygen atoms in total. The third kappa shape index (κ3) is 1.93. The zero-order valence-corrected chi connectivity index (χ0v) is 7.52. The number of nitrogens with zero attached hydrogens (tertiary/aromatic N) is 2. The summed E-state index contributed by atoms with van der Waals surface area (Å²) >= 11 is 0. The average Bonchev–Trinajstić information content (AvgIpc) is 2.18. The fourth-order valence-electron chi connectivity index (χ4n) is 1.21. The Labute approximate surface area is 83.7 Å². The first-order chi connectivity index (χ1) is 7.16. The molecule has 1 heterocycles. The van der Waals surface area contributed by atoms with E-state index in [0.717, 1.165) is 0 Å². The molecule has 15 heavy (non-hydrogen) atoms. The molecule has 0 amide bonds. The number of halogens is 2. The van der Waals surface area contributed by atoms with Gasteiger partial charge in [0.25, 0.3) is 0 Å². The highest BCUT2D eigenvalue weighted by atomic mass is 19.3. The number of aromatic nitrogens is 2. The van der Waals surface area contributed by atoms with E-state index in [9.17, 15) is 8.78 Å². The molecule has 0 bridgehead atoms. The fraction of sp³-hybridized carbons (Fsp3) is 0.111. The van der Waals surface area contributed by atoms with Crippen molar-refractivity contribution in [2.24, 2.45) is 0 Å². The number of nitrogens with two attached hydrogens (primary N) is 1. The maximum atomic E-state index is 12.0. The second kappa shape index (κ2) is 3.64. The van der Waals surface area contributed by atoms with Gasteiger partial charge >= 0.3 is 6.61 Å². The maximum Gasteiger partial charge on any atom is 0.387 e.